The van der Waals surface area contributed by atoms with Crippen molar-refractivity contribution in [3.8, 4) is 0 Å². The molecule has 0 aliphatic heterocycles. The van der Waals surface area contributed by atoms with E-state index in [-0.39, 0.29) is 17.9 Å². The molecular formula is C26H33ClN2O2S. The minimum absolute atomic E-state index is 0.0309. The van der Waals surface area contributed by atoms with Crippen LogP contribution in [0, 0.1) is 6.92 Å². The summed E-state index contributed by atoms with van der Waals surface area (Å²) in [6.07, 6.45) is 5.60. The average molecular weight is 473 g/mol. The Kier molecular flexibility index (Phi) is 9.49. The summed E-state index contributed by atoms with van der Waals surface area (Å²) < 4.78 is 0. The van der Waals surface area contributed by atoms with Crippen molar-refractivity contribution in [2.45, 2.75) is 70.3 Å². The Morgan fingerprint density at radius 3 is 2.41 bits per heavy atom. The highest BCUT2D eigenvalue weighted by molar-refractivity contribution is 7.99. The van der Waals surface area contributed by atoms with Gasteiger partial charge in [0, 0.05) is 23.4 Å². The Morgan fingerprint density at radius 2 is 1.72 bits per heavy atom. The fourth-order valence-electron chi connectivity index (χ4n) is 4.07. The molecule has 1 unspecified atom stereocenters. The van der Waals surface area contributed by atoms with E-state index < -0.39 is 6.04 Å². The highest BCUT2D eigenvalue weighted by Crippen LogP contribution is 2.22. The number of carbonyl (C=O) groups excluding carboxylic acids is 2. The lowest BCUT2D eigenvalue weighted by atomic mass is 9.95. The monoisotopic (exact) mass is 472 g/mol. The van der Waals surface area contributed by atoms with Gasteiger partial charge in [0.2, 0.25) is 11.8 Å². The molecule has 1 saturated carbocycles. The fraction of sp³-hybridized carbons (Fsp3) is 0.462. The second-order valence-electron chi connectivity index (χ2n) is 8.55. The molecule has 0 radical (unpaired) electrons. The van der Waals surface area contributed by atoms with Gasteiger partial charge in [0.1, 0.15) is 6.04 Å². The van der Waals surface area contributed by atoms with Gasteiger partial charge in [0.25, 0.3) is 0 Å². The van der Waals surface area contributed by atoms with Gasteiger partial charge in [-0.2, -0.15) is 0 Å². The second kappa shape index (κ2) is 12.3. The summed E-state index contributed by atoms with van der Waals surface area (Å²) in [7, 11) is 0. The summed E-state index contributed by atoms with van der Waals surface area (Å²) in [5.74, 6) is 0.872. The third-order valence-electron chi connectivity index (χ3n) is 6.16. The molecule has 1 aliphatic rings. The zero-order chi connectivity index (χ0) is 22.9. The molecule has 1 fully saturated rings. The van der Waals surface area contributed by atoms with Crippen molar-refractivity contribution in [1.82, 2.24) is 10.2 Å². The minimum Gasteiger partial charge on any atom is -0.352 e. The number of nitrogens with zero attached hydrogens (tertiary/aromatic N) is 1. The molecule has 6 heteroatoms. The highest BCUT2D eigenvalue weighted by atomic mass is 35.5. The quantitative estimate of drug-likeness (QED) is 0.505. The van der Waals surface area contributed by atoms with Gasteiger partial charge in [-0.15, -0.1) is 11.8 Å². The van der Waals surface area contributed by atoms with E-state index in [4.69, 9.17) is 11.6 Å². The molecule has 1 aliphatic carbocycles. The van der Waals surface area contributed by atoms with E-state index in [1.807, 2.05) is 62.4 Å². The number of hydrogen-bond acceptors (Lipinski definition) is 3. The number of thioether (sulfide) groups is 1. The number of aryl methyl sites for hydroxylation is 1. The van der Waals surface area contributed by atoms with Crippen LogP contribution >= 0.6 is 23.4 Å². The van der Waals surface area contributed by atoms with Crippen LogP contribution in [0.15, 0.2) is 48.5 Å². The van der Waals surface area contributed by atoms with Gasteiger partial charge < -0.3 is 10.2 Å². The Balaban J connectivity index is 1.67. The van der Waals surface area contributed by atoms with Crippen molar-refractivity contribution in [2.24, 2.45) is 0 Å². The molecule has 3 rings (SSSR count). The number of hydrogen-bond donors (Lipinski definition) is 1. The van der Waals surface area contributed by atoms with Crippen molar-refractivity contribution in [3.05, 3.63) is 70.2 Å². The smallest absolute Gasteiger partial charge is 0.242 e. The zero-order valence-electron chi connectivity index (χ0n) is 19.0. The maximum absolute atomic E-state index is 13.3. The zero-order valence-corrected chi connectivity index (χ0v) is 20.6. The van der Waals surface area contributed by atoms with Crippen molar-refractivity contribution in [2.75, 3.05) is 5.75 Å². The number of benzene rings is 2. The van der Waals surface area contributed by atoms with E-state index in [1.165, 1.54) is 18.2 Å². The van der Waals surface area contributed by atoms with Gasteiger partial charge in [-0.25, -0.2) is 0 Å². The van der Waals surface area contributed by atoms with Gasteiger partial charge in [-0.3, -0.25) is 9.59 Å². The van der Waals surface area contributed by atoms with Gasteiger partial charge in [-0.05, 0) is 49.4 Å². The summed E-state index contributed by atoms with van der Waals surface area (Å²) in [5.41, 5.74) is 3.20. The molecule has 172 valence electrons. The molecule has 1 atom stereocenters. The van der Waals surface area contributed by atoms with E-state index in [0.29, 0.717) is 23.1 Å². The van der Waals surface area contributed by atoms with E-state index in [1.54, 1.807) is 4.90 Å². The Hall–Kier alpha value is -1.98. The van der Waals surface area contributed by atoms with E-state index in [2.05, 4.69) is 5.32 Å². The van der Waals surface area contributed by atoms with E-state index in [9.17, 15) is 9.59 Å². The maximum atomic E-state index is 13.3. The minimum atomic E-state index is -0.523. The first kappa shape index (κ1) is 24.7. The lowest BCUT2D eigenvalue weighted by Crippen LogP contribution is -2.50. The van der Waals surface area contributed by atoms with Crippen LogP contribution in [-0.4, -0.2) is 34.6 Å². The van der Waals surface area contributed by atoms with Gasteiger partial charge in [0.05, 0.1) is 5.75 Å². The first-order valence-corrected chi connectivity index (χ1v) is 12.9. The molecule has 2 aromatic carbocycles. The van der Waals surface area contributed by atoms with Crippen LogP contribution in [0.25, 0.3) is 0 Å². The largest absolute Gasteiger partial charge is 0.352 e. The molecule has 4 nitrogen and oxygen atoms in total. The summed E-state index contributed by atoms with van der Waals surface area (Å²) in [5, 5.41) is 3.90. The van der Waals surface area contributed by atoms with Crippen LogP contribution < -0.4 is 5.32 Å². The number of halogens is 1. The summed E-state index contributed by atoms with van der Waals surface area (Å²) in [4.78, 5) is 28.0. The molecule has 0 bridgehead atoms. The van der Waals surface area contributed by atoms with Crippen molar-refractivity contribution < 1.29 is 9.59 Å². The summed E-state index contributed by atoms with van der Waals surface area (Å²) in [6, 6.07) is 15.4. The molecular weight excluding hydrogens is 440 g/mol. The van der Waals surface area contributed by atoms with Crippen molar-refractivity contribution in [3.63, 3.8) is 0 Å². The molecule has 2 aromatic rings. The van der Waals surface area contributed by atoms with Crippen LogP contribution in [0.2, 0.25) is 5.02 Å². The van der Waals surface area contributed by atoms with Crippen LogP contribution in [0.5, 0.6) is 0 Å². The van der Waals surface area contributed by atoms with Gasteiger partial charge >= 0.3 is 0 Å². The SMILES string of the molecule is Cc1ccccc1CN(C(=O)CSCc1ccccc1Cl)C(C)C(=O)NC1CCCCC1. The predicted octanol–water partition coefficient (Wildman–Crippen LogP) is 5.75. The second-order valence-corrected chi connectivity index (χ2v) is 9.94. The Bertz CT molecular complexity index is 914. The van der Waals surface area contributed by atoms with Crippen LogP contribution in [-0.2, 0) is 21.9 Å². The number of carbonyl (C=O) groups is 2. The summed E-state index contributed by atoms with van der Waals surface area (Å²) >= 11 is 7.78. The standard InChI is InChI=1S/C26H33ClN2O2S/c1-19-10-6-7-11-21(19)16-29(20(2)26(31)28-23-13-4-3-5-14-23)25(30)18-32-17-22-12-8-9-15-24(22)27/h6-12,15,20,23H,3-5,13-14,16-18H2,1-2H3,(H,28,31). The number of rotatable bonds is 9. The first-order chi connectivity index (χ1) is 15.5. The van der Waals surface area contributed by atoms with E-state index >= 15 is 0 Å². The van der Waals surface area contributed by atoms with Crippen LogP contribution in [0.4, 0.5) is 0 Å². The number of amides is 2. The third-order valence-corrected chi connectivity index (χ3v) is 7.50. The average Bonchev–Trinajstić information content (AvgIpc) is 2.80. The highest BCUT2D eigenvalue weighted by Gasteiger charge is 2.28. The normalized spacial score (nSPS) is 15.2. The topological polar surface area (TPSA) is 49.4 Å². The Morgan fingerprint density at radius 1 is 1.06 bits per heavy atom. The molecule has 0 saturated heterocycles. The van der Waals surface area contributed by atoms with Crippen LogP contribution in [0.1, 0.15) is 55.7 Å². The maximum Gasteiger partial charge on any atom is 0.242 e. The first-order valence-electron chi connectivity index (χ1n) is 11.4. The van der Waals surface area contributed by atoms with Crippen molar-refractivity contribution in [1.29, 1.82) is 0 Å². The molecule has 32 heavy (non-hydrogen) atoms. The van der Waals surface area contributed by atoms with Gasteiger partial charge in [0.15, 0.2) is 0 Å². The van der Waals surface area contributed by atoms with Crippen LogP contribution in [0.3, 0.4) is 0 Å². The number of nitrogens with one attached hydrogen (secondary N) is 1. The Labute approximate surface area is 201 Å². The summed E-state index contributed by atoms with van der Waals surface area (Å²) in [6.45, 7) is 4.31. The molecule has 0 heterocycles. The van der Waals surface area contributed by atoms with E-state index in [0.717, 1.165) is 42.4 Å². The molecule has 1 N–H and O–H groups in total. The molecule has 0 aromatic heterocycles. The fourth-order valence-corrected chi connectivity index (χ4v) is 5.26. The predicted molar refractivity (Wildman–Crippen MR) is 134 cm³/mol. The van der Waals surface area contributed by atoms with Gasteiger partial charge in [-0.1, -0.05) is 73.3 Å². The lowest BCUT2D eigenvalue weighted by Gasteiger charge is -2.31. The molecule has 2 amide bonds. The third kappa shape index (κ3) is 7.01. The van der Waals surface area contributed by atoms with Crippen molar-refractivity contribution >= 4 is 35.2 Å². The molecule has 0 spiro atoms. The lowest BCUT2D eigenvalue weighted by molar-refractivity contribution is -0.139.